The zero-order valence-electron chi connectivity index (χ0n) is 13.4. The van der Waals surface area contributed by atoms with Crippen LogP contribution in [0.4, 0.5) is 17.6 Å². The highest BCUT2D eigenvalue weighted by Gasteiger charge is 2.17. The lowest BCUT2D eigenvalue weighted by Crippen LogP contribution is -2.26. The Morgan fingerprint density at radius 3 is 2.36 bits per heavy atom. The van der Waals surface area contributed by atoms with E-state index in [1.807, 2.05) is 0 Å². The molecule has 1 amide bonds. The van der Waals surface area contributed by atoms with E-state index in [0.29, 0.717) is 5.56 Å². The molecular weight excluding hydrogens is 342 g/mol. The standard InChI is InChI=1S/C17H15F4NO3/c1-9(10-3-5-12(18)13(19)7-10)22-16(23)11-4-6-14(25-17(20)21)15(8-11)24-2/h3-9,17H,1-2H3,(H,22,23). The van der Waals surface area contributed by atoms with Crippen LogP contribution in [-0.2, 0) is 0 Å². The lowest BCUT2D eigenvalue weighted by Gasteiger charge is -2.16. The average molecular weight is 357 g/mol. The van der Waals surface area contributed by atoms with E-state index in [2.05, 4.69) is 10.1 Å². The lowest BCUT2D eigenvalue weighted by molar-refractivity contribution is -0.0512. The third kappa shape index (κ3) is 4.62. The van der Waals surface area contributed by atoms with Crippen molar-refractivity contribution in [2.45, 2.75) is 19.6 Å². The molecule has 0 saturated carbocycles. The molecule has 1 atom stereocenters. The van der Waals surface area contributed by atoms with Gasteiger partial charge in [-0.25, -0.2) is 8.78 Å². The molecule has 134 valence electrons. The molecule has 0 aromatic heterocycles. The molecule has 4 nitrogen and oxygen atoms in total. The Bertz CT molecular complexity index is 768. The summed E-state index contributed by atoms with van der Waals surface area (Å²) in [6, 6.07) is 6.41. The molecule has 0 heterocycles. The molecule has 0 radical (unpaired) electrons. The van der Waals surface area contributed by atoms with Gasteiger partial charge in [0, 0.05) is 5.56 Å². The van der Waals surface area contributed by atoms with Crippen LogP contribution < -0.4 is 14.8 Å². The first kappa shape index (κ1) is 18.6. The average Bonchev–Trinajstić information content (AvgIpc) is 2.57. The van der Waals surface area contributed by atoms with Crippen LogP contribution in [0.25, 0.3) is 0 Å². The highest BCUT2D eigenvalue weighted by Crippen LogP contribution is 2.29. The van der Waals surface area contributed by atoms with Crippen LogP contribution in [0.15, 0.2) is 36.4 Å². The van der Waals surface area contributed by atoms with Gasteiger partial charge in [0.15, 0.2) is 23.1 Å². The Morgan fingerprint density at radius 2 is 1.76 bits per heavy atom. The second-order valence-electron chi connectivity index (χ2n) is 5.11. The minimum Gasteiger partial charge on any atom is -0.493 e. The largest absolute Gasteiger partial charge is 0.493 e. The van der Waals surface area contributed by atoms with E-state index >= 15 is 0 Å². The number of amides is 1. The quantitative estimate of drug-likeness (QED) is 0.793. The summed E-state index contributed by atoms with van der Waals surface area (Å²) in [5.74, 6) is -2.79. The molecule has 0 aliphatic carbocycles. The van der Waals surface area contributed by atoms with Crippen molar-refractivity contribution < 1.29 is 31.8 Å². The summed E-state index contributed by atoms with van der Waals surface area (Å²) in [5.41, 5.74) is 0.504. The number of methoxy groups -OCH3 is 1. The Morgan fingerprint density at radius 1 is 1.04 bits per heavy atom. The normalized spacial score (nSPS) is 12.0. The minimum absolute atomic E-state index is 0.0339. The number of carbonyl (C=O) groups excluding carboxylic acids is 1. The van der Waals surface area contributed by atoms with Crippen LogP contribution in [-0.4, -0.2) is 19.6 Å². The fourth-order valence-corrected chi connectivity index (χ4v) is 2.15. The first-order valence-electron chi connectivity index (χ1n) is 7.20. The molecule has 25 heavy (non-hydrogen) atoms. The van der Waals surface area contributed by atoms with Crippen molar-refractivity contribution in [1.82, 2.24) is 5.32 Å². The highest BCUT2D eigenvalue weighted by atomic mass is 19.3. The van der Waals surface area contributed by atoms with Crippen molar-refractivity contribution in [3.05, 3.63) is 59.2 Å². The van der Waals surface area contributed by atoms with Crippen molar-refractivity contribution in [3.63, 3.8) is 0 Å². The zero-order chi connectivity index (χ0) is 18.6. The number of ether oxygens (including phenoxy) is 2. The first-order chi connectivity index (χ1) is 11.8. The Labute approximate surface area is 141 Å². The molecule has 0 fully saturated rings. The van der Waals surface area contributed by atoms with Gasteiger partial charge in [-0.05, 0) is 42.8 Å². The van der Waals surface area contributed by atoms with Gasteiger partial charge >= 0.3 is 6.61 Å². The van der Waals surface area contributed by atoms with Crippen molar-refractivity contribution in [2.24, 2.45) is 0 Å². The number of hydrogen-bond acceptors (Lipinski definition) is 3. The Kier molecular flexibility index (Phi) is 5.84. The molecule has 8 heteroatoms. The summed E-state index contributed by atoms with van der Waals surface area (Å²) in [6.45, 7) is -1.43. The number of hydrogen-bond donors (Lipinski definition) is 1. The third-order valence-electron chi connectivity index (χ3n) is 3.43. The maximum Gasteiger partial charge on any atom is 0.387 e. The molecule has 1 unspecified atom stereocenters. The van der Waals surface area contributed by atoms with Crippen LogP contribution >= 0.6 is 0 Å². The second kappa shape index (κ2) is 7.87. The summed E-state index contributed by atoms with van der Waals surface area (Å²) in [7, 11) is 1.25. The van der Waals surface area contributed by atoms with E-state index in [4.69, 9.17) is 4.74 Å². The predicted molar refractivity (Wildman–Crippen MR) is 81.9 cm³/mol. The van der Waals surface area contributed by atoms with E-state index in [1.165, 1.54) is 31.4 Å². The maximum absolute atomic E-state index is 13.3. The first-order valence-corrected chi connectivity index (χ1v) is 7.20. The van der Waals surface area contributed by atoms with Gasteiger partial charge in [-0.15, -0.1) is 0 Å². The van der Waals surface area contributed by atoms with E-state index < -0.39 is 30.2 Å². The Hall–Kier alpha value is -2.77. The summed E-state index contributed by atoms with van der Waals surface area (Å²) in [5, 5.41) is 2.60. The fraction of sp³-hybridized carbons (Fsp3) is 0.235. The van der Waals surface area contributed by atoms with Crippen molar-refractivity contribution in [2.75, 3.05) is 7.11 Å². The van der Waals surface area contributed by atoms with Crippen LogP contribution in [0.5, 0.6) is 11.5 Å². The number of benzene rings is 2. The number of nitrogens with one attached hydrogen (secondary N) is 1. The van der Waals surface area contributed by atoms with Crippen molar-refractivity contribution in [3.8, 4) is 11.5 Å². The minimum atomic E-state index is -3.03. The van der Waals surface area contributed by atoms with Crippen LogP contribution in [0.1, 0.15) is 28.9 Å². The summed E-state index contributed by atoms with van der Waals surface area (Å²) in [4.78, 5) is 12.3. The topological polar surface area (TPSA) is 47.6 Å². The molecule has 1 N–H and O–H groups in total. The summed E-state index contributed by atoms with van der Waals surface area (Å²) < 4.78 is 60.0. The van der Waals surface area contributed by atoms with Crippen LogP contribution in [0.3, 0.4) is 0 Å². The lowest BCUT2D eigenvalue weighted by atomic mass is 10.1. The van der Waals surface area contributed by atoms with E-state index in [9.17, 15) is 22.4 Å². The van der Waals surface area contributed by atoms with Gasteiger partial charge in [-0.1, -0.05) is 6.07 Å². The van der Waals surface area contributed by atoms with Crippen LogP contribution in [0, 0.1) is 11.6 Å². The number of rotatable bonds is 6. The molecule has 2 aromatic carbocycles. The molecule has 2 rings (SSSR count). The van der Waals surface area contributed by atoms with Gasteiger partial charge in [-0.2, -0.15) is 8.78 Å². The number of carbonyl (C=O) groups is 1. The maximum atomic E-state index is 13.3. The number of alkyl halides is 2. The van der Waals surface area contributed by atoms with Gasteiger partial charge < -0.3 is 14.8 Å². The summed E-state index contributed by atoms with van der Waals surface area (Å²) >= 11 is 0. The molecule has 2 aromatic rings. The van der Waals surface area contributed by atoms with Crippen molar-refractivity contribution >= 4 is 5.91 Å². The molecule has 0 aliphatic rings. The monoisotopic (exact) mass is 357 g/mol. The summed E-state index contributed by atoms with van der Waals surface area (Å²) in [6.07, 6.45) is 0. The predicted octanol–water partition coefficient (Wildman–Crippen LogP) is 4.07. The van der Waals surface area contributed by atoms with Gasteiger partial charge in [0.05, 0.1) is 13.2 Å². The second-order valence-corrected chi connectivity index (χ2v) is 5.11. The van der Waals surface area contributed by atoms with Gasteiger partial charge in [0.2, 0.25) is 0 Å². The highest BCUT2D eigenvalue weighted by molar-refractivity contribution is 5.95. The van der Waals surface area contributed by atoms with Crippen LogP contribution in [0.2, 0.25) is 0 Å². The fourth-order valence-electron chi connectivity index (χ4n) is 2.15. The molecule has 0 spiro atoms. The van der Waals surface area contributed by atoms with Gasteiger partial charge in [0.1, 0.15) is 0 Å². The van der Waals surface area contributed by atoms with Gasteiger partial charge in [-0.3, -0.25) is 4.79 Å². The van der Waals surface area contributed by atoms with Crippen molar-refractivity contribution in [1.29, 1.82) is 0 Å². The number of halogens is 4. The smallest absolute Gasteiger partial charge is 0.387 e. The molecule has 0 saturated heterocycles. The zero-order valence-corrected chi connectivity index (χ0v) is 13.4. The molecular formula is C17H15F4NO3. The SMILES string of the molecule is COc1cc(C(=O)NC(C)c2ccc(F)c(F)c2)ccc1OC(F)F. The molecule has 0 aliphatic heterocycles. The van der Waals surface area contributed by atoms with E-state index in [0.717, 1.165) is 12.1 Å². The molecule has 0 bridgehead atoms. The Balaban J connectivity index is 2.15. The van der Waals surface area contributed by atoms with E-state index in [1.54, 1.807) is 6.92 Å². The van der Waals surface area contributed by atoms with E-state index in [-0.39, 0.29) is 17.1 Å². The van der Waals surface area contributed by atoms with Gasteiger partial charge in [0.25, 0.3) is 5.91 Å². The third-order valence-corrected chi connectivity index (χ3v) is 3.43.